The van der Waals surface area contributed by atoms with Crippen molar-refractivity contribution in [2.45, 2.75) is 88.9 Å². The van der Waals surface area contributed by atoms with Crippen molar-refractivity contribution in [1.29, 1.82) is 0 Å². The Bertz CT molecular complexity index is 2220. The molecule has 6 heterocycles. The number of likely N-dealkylation sites (tertiary alicyclic amines) is 1. The number of piperidine rings is 1. The average Bonchev–Trinajstić information content (AvgIpc) is 3.58. The number of benzene rings is 1. The summed E-state index contributed by atoms with van der Waals surface area (Å²) in [6, 6.07) is 9.85. The molecule has 56 heavy (non-hydrogen) atoms. The summed E-state index contributed by atoms with van der Waals surface area (Å²) < 4.78 is 90.7. The Balaban J connectivity index is 1.24. The number of rotatable bonds is 10. The molecule has 3 aliphatic heterocycles. The Hall–Kier alpha value is -4.32. The smallest absolute Gasteiger partial charge is 0.452 e. The third-order valence-corrected chi connectivity index (χ3v) is 13.3. The number of alkyl halides is 3. The van der Waals surface area contributed by atoms with Crippen molar-refractivity contribution in [2.24, 2.45) is 5.41 Å². The van der Waals surface area contributed by atoms with Gasteiger partial charge in [-0.15, -0.1) is 10.2 Å². The molecule has 0 aliphatic carbocycles. The van der Waals surface area contributed by atoms with Crippen LogP contribution in [0.2, 0.25) is 0 Å². The first-order valence-corrected chi connectivity index (χ1v) is 20.3. The predicted octanol–water partition coefficient (Wildman–Crippen LogP) is 6.00. The van der Waals surface area contributed by atoms with Crippen molar-refractivity contribution in [1.82, 2.24) is 28.8 Å². The number of carboxylic acid groups (broad SMARTS) is 1. The Morgan fingerprint density at radius 2 is 1.77 bits per heavy atom. The summed E-state index contributed by atoms with van der Waals surface area (Å²) in [6.07, 6.45) is 0.847. The van der Waals surface area contributed by atoms with E-state index in [1.54, 1.807) is 45.0 Å². The van der Waals surface area contributed by atoms with Crippen LogP contribution in [0.4, 0.5) is 13.2 Å². The lowest BCUT2D eigenvalue weighted by Gasteiger charge is -2.38. The van der Waals surface area contributed by atoms with E-state index in [1.807, 2.05) is 6.92 Å². The van der Waals surface area contributed by atoms with Crippen LogP contribution in [0.15, 0.2) is 47.5 Å². The minimum absolute atomic E-state index is 0.0120. The van der Waals surface area contributed by atoms with Crippen molar-refractivity contribution in [2.75, 3.05) is 46.0 Å². The van der Waals surface area contributed by atoms with Crippen LogP contribution in [-0.2, 0) is 32.3 Å². The zero-order valence-electron chi connectivity index (χ0n) is 31.9. The van der Waals surface area contributed by atoms with E-state index in [0.29, 0.717) is 54.9 Å². The molecule has 1 atom stereocenters. The lowest BCUT2D eigenvalue weighted by molar-refractivity contribution is -0.147. The summed E-state index contributed by atoms with van der Waals surface area (Å²) in [5, 5.41) is 17.7. The number of fused-ring (bicyclic) bond motifs is 2. The van der Waals surface area contributed by atoms with Gasteiger partial charge in [-0.3, -0.25) is 14.1 Å². The highest BCUT2D eigenvalue weighted by atomic mass is 32.2. The number of aryl methyl sites for hydroxylation is 2. The van der Waals surface area contributed by atoms with Crippen LogP contribution in [0.25, 0.3) is 5.65 Å². The molecule has 0 amide bonds. The molecule has 0 radical (unpaired) electrons. The number of hydrogen-bond donors (Lipinski definition) is 1. The second-order valence-corrected chi connectivity index (χ2v) is 17.5. The van der Waals surface area contributed by atoms with E-state index in [4.69, 9.17) is 14.2 Å². The number of aliphatic carboxylic acids is 1. The molecule has 0 saturated carbocycles. The second-order valence-electron chi connectivity index (χ2n) is 15.6. The number of nitrogens with zero attached hydrogens (tertiary/aromatic N) is 6. The first kappa shape index (κ1) is 39.9. The van der Waals surface area contributed by atoms with Crippen LogP contribution in [-0.4, -0.2) is 99.9 Å². The van der Waals surface area contributed by atoms with Gasteiger partial charge in [0.25, 0.3) is 0 Å². The fraction of sp³-hybridized carbons (Fsp3) is 0.538. The zero-order chi connectivity index (χ0) is 40.0. The van der Waals surface area contributed by atoms with Gasteiger partial charge in [-0.2, -0.15) is 22.5 Å². The number of aromatic nitrogens is 4. The Labute approximate surface area is 323 Å². The molecule has 13 nitrogen and oxygen atoms in total. The number of ether oxygens (including phenoxy) is 3. The van der Waals surface area contributed by atoms with E-state index in [1.165, 1.54) is 29.1 Å². The van der Waals surface area contributed by atoms with E-state index in [0.717, 1.165) is 42.4 Å². The number of halogens is 3. The van der Waals surface area contributed by atoms with Gasteiger partial charge in [-0.05, 0) is 93.6 Å². The van der Waals surface area contributed by atoms with Crippen LogP contribution in [0, 0.1) is 19.3 Å². The first-order valence-electron chi connectivity index (χ1n) is 18.9. The van der Waals surface area contributed by atoms with Gasteiger partial charge in [0.05, 0.1) is 25.2 Å². The number of pyridine rings is 2. The van der Waals surface area contributed by atoms with Gasteiger partial charge in [0, 0.05) is 44.1 Å². The molecule has 0 bridgehead atoms. The van der Waals surface area contributed by atoms with Crippen molar-refractivity contribution >= 4 is 21.6 Å². The molecule has 3 aliphatic rings. The SMILES string of the molecule is Cc1ccc([C@@H](c2ccn3c(C(F)(F)F)nnc3c2C)C(C)(C)C(=O)O)cc1CN1CC2(CCOCC2)Oc2nc(OCCN3CCCCC3)ccc2S1(=O)=O. The minimum Gasteiger partial charge on any atom is -0.481 e. The topological polar surface area (TPSA) is 149 Å². The third-order valence-electron chi connectivity index (χ3n) is 11.5. The fourth-order valence-corrected chi connectivity index (χ4v) is 9.63. The third kappa shape index (κ3) is 7.70. The van der Waals surface area contributed by atoms with E-state index in [9.17, 15) is 31.5 Å². The van der Waals surface area contributed by atoms with Crippen molar-refractivity contribution in [3.63, 3.8) is 0 Å². The van der Waals surface area contributed by atoms with Gasteiger partial charge in [-0.25, -0.2) is 8.42 Å². The van der Waals surface area contributed by atoms with Gasteiger partial charge in [0.15, 0.2) is 5.65 Å². The molecular weight excluding hydrogens is 754 g/mol. The highest BCUT2D eigenvalue weighted by Gasteiger charge is 2.46. The van der Waals surface area contributed by atoms with Gasteiger partial charge in [0.1, 0.15) is 17.1 Å². The van der Waals surface area contributed by atoms with Crippen LogP contribution in [0.1, 0.15) is 85.5 Å². The average molecular weight is 801 g/mol. The zero-order valence-corrected chi connectivity index (χ0v) is 32.7. The summed E-state index contributed by atoms with van der Waals surface area (Å²) in [7, 11) is -4.19. The highest BCUT2D eigenvalue weighted by Crippen LogP contribution is 2.45. The maximum Gasteiger partial charge on any atom is 0.452 e. The van der Waals surface area contributed by atoms with Crippen LogP contribution < -0.4 is 9.47 Å². The first-order chi connectivity index (χ1) is 26.5. The van der Waals surface area contributed by atoms with Crippen molar-refractivity contribution < 1.29 is 45.7 Å². The molecule has 3 aromatic heterocycles. The van der Waals surface area contributed by atoms with Crippen molar-refractivity contribution in [3.05, 3.63) is 76.2 Å². The lowest BCUT2D eigenvalue weighted by Crippen LogP contribution is -2.50. The standard InChI is InChI=1S/C39H47F3N6O7S/c1-25-8-9-27(32(37(3,4)36(49)50)29-12-17-48-33(26(29)2)44-45-35(48)39(40,41)42)22-28(25)23-47-24-38(13-19-53-20-14-38)55-34-30(56(47,51)52)10-11-31(43-34)54-21-18-46-15-6-5-7-16-46/h8-12,17,22,32H,5-7,13-16,18-21,23-24H2,1-4H3,(H,49,50)/t32-/m0/s1. The van der Waals surface area contributed by atoms with Gasteiger partial charge in [0.2, 0.25) is 27.6 Å². The monoisotopic (exact) mass is 800 g/mol. The van der Waals surface area contributed by atoms with E-state index in [2.05, 4.69) is 20.1 Å². The molecular formula is C39H47F3N6O7S. The Morgan fingerprint density at radius 3 is 2.46 bits per heavy atom. The lowest BCUT2D eigenvalue weighted by atomic mass is 9.70. The molecule has 1 N–H and O–H groups in total. The minimum atomic E-state index is -4.75. The molecule has 0 unspecified atom stereocenters. The fourth-order valence-electron chi connectivity index (χ4n) is 8.09. The summed E-state index contributed by atoms with van der Waals surface area (Å²) in [5.41, 5.74) is 0.264. The molecule has 17 heteroatoms. The van der Waals surface area contributed by atoms with E-state index >= 15 is 0 Å². The Morgan fingerprint density at radius 1 is 1.04 bits per heavy atom. The summed E-state index contributed by atoms with van der Waals surface area (Å²) in [5.74, 6) is -2.94. The van der Waals surface area contributed by atoms with Gasteiger partial charge in [-0.1, -0.05) is 24.6 Å². The molecule has 4 aromatic rings. The number of carboxylic acids is 1. The number of hydrogen-bond acceptors (Lipinski definition) is 10. The molecule has 7 rings (SSSR count). The number of carbonyl (C=O) groups is 1. The van der Waals surface area contributed by atoms with E-state index in [-0.39, 0.29) is 35.4 Å². The Kier molecular flexibility index (Phi) is 10.8. The van der Waals surface area contributed by atoms with Crippen LogP contribution in [0.3, 0.4) is 0 Å². The molecule has 1 spiro atoms. The quantitative estimate of drug-likeness (QED) is 0.201. The highest BCUT2D eigenvalue weighted by molar-refractivity contribution is 7.89. The largest absolute Gasteiger partial charge is 0.481 e. The molecule has 2 fully saturated rings. The molecule has 302 valence electrons. The van der Waals surface area contributed by atoms with E-state index < -0.39 is 44.9 Å². The summed E-state index contributed by atoms with van der Waals surface area (Å²) >= 11 is 0. The normalized spacial score (nSPS) is 19.6. The van der Waals surface area contributed by atoms with Gasteiger partial charge < -0.3 is 19.3 Å². The van der Waals surface area contributed by atoms with Crippen LogP contribution in [0.5, 0.6) is 11.8 Å². The second kappa shape index (κ2) is 15.2. The number of sulfonamides is 1. The maximum absolute atomic E-state index is 14.6. The molecule has 1 aromatic carbocycles. The summed E-state index contributed by atoms with van der Waals surface area (Å²) in [4.78, 5) is 19.7. The predicted molar refractivity (Wildman–Crippen MR) is 198 cm³/mol. The van der Waals surface area contributed by atoms with Gasteiger partial charge >= 0.3 is 12.1 Å². The van der Waals surface area contributed by atoms with Crippen LogP contribution >= 0.6 is 0 Å². The maximum atomic E-state index is 14.6. The summed E-state index contributed by atoms with van der Waals surface area (Å²) in [6.45, 7) is 10.4. The van der Waals surface area contributed by atoms with Crippen molar-refractivity contribution in [3.8, 4) is 11.8 Å². The molecule has 2 saturated heterocycles.